The first-order valence-electron chi connectivity index (χ1n) is 10.8. The maximum atomic E-state index is 12.8. The lowest BCUT2D eigenvalue weighted by Gasteiger charge is -2.35. The van der Waals surface area contributed by atoms with Crippen LogP contribution in [0, 0.1) is 6.92 Å². The number of hydrogen-bond donors (Lipinski definition) is 2. The topological polar surface area (TPSA) is 90.0 Å². The number of aromatic amines is 1. The van der Waals surface area contributed by atoms with Gasteiger partial charge in [-0.15, -0.1) is 10.2 Å². The van der Waals surface area contributed by atoms with Gasteiger partial charge in [0.15, 0.2) is 11.6 Å². The first kappa shape index (κ1) is 20.0. The number of fused-ring (bicyclic) bond motifs is 1. The summed E-state index contributed by atoms with van der Waals surface area (Å²) in [6.45, 7) is 4.85. The van der Waals surface area contributed by atoms with Gasteiger partial charge in [0.05, 0.1) is 6.42 Å². The van der Waals surface area contributed by atoms with E-state index in [2.05, 4.69) is 36.4 Å². The minimum absolute atomic E-state index is 0.158. The van der Waals surface area contributed by atoms with E-state index in [1.54, 1.807) is 6.20 Å². The molecule has 0 aliphatic carbocycles. The number of anilines is 3. The molecule has 3 aromatic heterocycles. The number of amides is 1. The van der Waals surface area contributed by atoms with Crippen molar-refractivity contribution in [1.29, 1.82) is 0 Å². The lowest BCUT2D eigenvalue weighted by atomic mass is 10.1. The number of carbonyl (C=O) groups excluding carboxylic acids is 1. The zero-order valence-corrected chi connectivity index (χ0v) is 18.0. The highest BCUT2D eigenvalue weighted by Crippen LogP contribution is 2.20. The molecule has 1 aliphatic heterocycles. The molecule has 8 nitrogen and oxygen atoms in total. The van der Waals surface area contributed by atoms with Crippen molar-refractivity contribution in [2.24, 2.45) is 0 Å². The second kappa shape index (κ2) is 8.66. The highest BCUT2D eigenvalue weighted by atomic mass is 16.2. The molecule has 162 valence electrons. The predicted molar refractivity (Wildman–Crippen MR) is 125 cm³/mol. The summed E-state index contributed by atoms with van der Waals surface area (Å²) in [7, 11) is 0. The Hall–Kier alpha value is -3.94. The summed E-state index contributed by atoms with van der Waals surface area (Å²) in [6.07, 6.45) is 4.12. The standard InChI is InChI=1S/C24H25N7O/c1-17-8-9-25-22(14-17)27-21-6-7-23(29-28-21)30-10-12-31(13-11-30)24(32)15-18-16-26-20-5-3-2-4-19(18)20/h2-9,14,16,26H,10-13,15H2,1H3,(H,25,27,28). The van der Waals surface area contributed by atoms with Gasteiger partial charge in [0, 0.05) is 49.5 Å². The number of H-pyrrole nitrogens is 1. The number of nitrogens with one attached hydrogen (secondary N) is 2. The molecule has 4 aromatic rings. The number of nitrogens with zero attached hydrogens (tertiary/aromatic N) is 5. The molecule has 1 fully saturated rings. The van der Waals surface area contributed by atoms with Crippen molar-refractivity contribution < 1.29 is 4.79 Å². The Morgan fingerprint density at radius 1 is 1.03 bits per heavy atom. The van der Waals surface area contributed by atoms with E-state index in [0.717, 1.165) is 46.8 Å². The molecule has 0 unspecified atom stereocenters. The van der Waals surface area contributed by atoms with Gasteiger partial charge in [-0.25, -0.2) is 4.98 Å². The fourth-order valence-corrected chi connectivity index (χ4v) is 4.03. The van der Waals surface area contributed by atoms with Gasteiger partial charge in [0.2, 0.25) is 5.91 Å². The number of hydrogen-bond acceptors (Lipinski definition) is 6. The summed E-state index contributed by atoms with van der Waals surface area (Å²) in [5.74, 6) is 2.37. The Balaban J connectivity index is 1.17. The number of aryl methyl sites for hydroxylation is 1. The molecular formula is C24H25N7O. The largest absolute Gasteiger partial charge is 0.361 e. The van der Waals surface area contributed by atoms with Gasteiger partial charge in [-0.2, -0.15) is 0 Å². The summed E-state index contributed by atoms with van der Waals surface area (Å²) in [5.41, 5.74) is 3.24. The van der Waals surface area contributed by atoms with E-state index in [9.17, 15) is 4.79 Å². The molecule has 5 rings (SSSR count). The van der Waals surface area contributed by atoms with Crippen LogP contribution in [-0.4, -0.2) is 57.2 Å². The Morgan fingerprint density at radius 3 is 2.66 bits per heavy atom. The van der Waals surface area contributed by atoms with E-state index in [0.29, 0.717) is 25.3 Å². The first-order valence-corrected chi connectivity index (χ1v) is 10.8. The van der Waals surface area contributed by atoms with Crippen molar-refractivity contribution >= 4 is 34.3 Å². The molecule has 0 atom stereocenters. The van der Waals surface area contributed by atoms with E-state index in [1.807, 2.05) is 60.5 Å². The maximum Gasteiger partial charge on any atom is 0.227 e. The Morgan fingerprint density at radius 2 is 1.88 bits per heavy atom. The molecule has 0 spiro atoms. The molecule has 2 N–H and O–H groups in total. The number of aromatic nitrogens is 4. The van der Waals surface area contributed by atoms with E-state index in [1.165, 1.54) is 0 Å². The van der Waals surface area contributed by atoms with Crippen molar-refractivity contribution in [2.75, 3.05) is 36.4 Å². The third kappa shape index (κ3) is 4.25. The molecule has 8 heteroatoms. The molecule has 1 aromatic carbocycles. The SMILES string of the molecule is Cc1ccnc(Nc2ccc(N3CCN(C(=O)Cc4c[nH]c5ccccc45)CC3)nn2)c1. The Bertz CT molecular complexity index is 1230. The number of carbonyl (C=O) groups is 1. The van der Waals surface area contributed by atoms with Crippen molar-refractivity contribution in [3.05, 3.63) is 72.1 Å². The third-order valence-electron chi connectivity index (χ3n) is 5.80. The summed E-state index contributed by atoms with van der Waals surface area (Å²) >= 11 is 0. The van der Waals surface area contributed by atoms with E-state index >= 15 is 0 Å². The van der Waals surface area contributed by atoms with Gasteiger partial charge in [-0.05, 0) is 48.4 Å². The van der Waals surface area contributed by atoms with Crippen LogP contribution in [0.1, 0.15) is 11.1 Å². The summed E-state index contributed by atoms with van der Waals surface area (Å²) < 4.78 is 0. The van der Waals surface area contributed by atoms with Gasteiger partial charge in [-0.1, -0.05) is 18.2 Å². The zero-order chi connectivity index (χ0) is 21.9. The van der Waals surface area contributed by atoms with Crippen LogP contribution >= 0.6 is 0 Å². The molecule has 32 heavy (non-hydrogen) atoms. The van der Waals surface area contributed by atoms with Crippen LogP contribution in [0.3, 0.4) is 0 Å². The number of piperazine rings is 1. The summed E-state index contributed by atoms with van der Waals surface area (Å²) in [5, 5.41) is 12.9. The Labute approximate surface area is 186 Å². The highest BCUT2D eigenvalue weighted by Gasteiger charge is 2.23. The van der Waals surface area contributed by atoms with Gasteiger partial charge >= 0.3 is 0 Å². The van der Waals surface area contributed by atoms with Crippen molar-refractivity contribution in [2.45, 2.75) is 13.3 Å². The molecule has 1 saturated heterocycles. The number of pyridine rings is 1. The molecular weight excluding hydrogens is 402 g/mol. The smallest absolute Gasteiger partial charge is 0.227 e. The van der Waals surface area contributed by atoms with Crippen LogP contribution in [0.4, 0.5) is 17.5 Å². The number of rotatable bonds is 5. The first-order chi connectivity index (χ1) is 15.7. The minimum atomic E-state index is 0.158. The fraction of sp³-hybridized carbons (Fsp3) is 0.250. The van der Waals surface area contributed by atoms with Crippen molar-refractivity contribution in [3.8, 4) is 0 Å². The normalized spacial score (nSPS) is 14.0. The van der Waals surface area contributed by atoms with Crippen LogP contribution < -0.4 is 10.2 Å². The molecule has 0 radical (unpaired) electrons. The van der Waals surface area contributed by atoms with E-state index in [-0.39, 0.29) is 5.91 Å². The number of benzene rings is 1. The van der Waals surface area contributed by atoms with E-state index in [4.69, 9.17) is 0 Å². The van der Waals surface area contributed by atoms with Gasteiger partial charge < -0.3 is 20.1 Å². The predicted octanol–water partition coefficient (Wildman–Crippen LogP) is 3.30. The fourth-order valence-electron chi connectivity index (χ4n) is 4.03. The maximum absolute atomic E-state index is 12.8. The lowest BCUT2D eigenvalue weighted by molar-refractivity contribution is -0.130. The number of para-hydroxylation sites is 1. The summed E-state index contributed by atoms with van der Waals surface area (Å²) in [6, 6.07) is 15.8. The van der Waals surface area contributed by atoms with Crippen molar-refractivity contribution in [1.82, 2.24) is 25.1 Å². The lowest BCUT2D eigenvalue weighted by Crippen LogP contribution is -2.49. The molecule has 0 bridgehead atoms. The zero-order valence-electron chi connectivity index (χ0n) is 18.0. The van der Waals surface area contributed by atoms with Crippen LogP contribution in [0.25, 0.3) is 10.9 Å². The van der Waals surface area contributed by atoms with Crippen LogP contribution in [0.15, 0.2) is 60.9 Å². The molecule has 1 aliphatic rings. The van der Waals surface area contributed by atoms with Gasteiger partial charge in [-0.3, -0.25) is 4.79 Å². The quantitative estimate of drug-likeness (QED) is 0.508. The van der Waals surface area contributed by atoms with Crippen LogP contribution in [0.5, 0.6) is 0 Å². The second-order valence-electron chi connectivity index (χ2n) is 8.02. The van der Waals surface area contributed by atoms with Gasteiger partial charge in [0.25, 0.3) is 0 Å². The minimum Gasteiger partial charge on any atom is -0.361 e. The monoisotopic (exact) mass is 427 g/mol. The Kier molecular flexibility index (Phi) is 5.41. The van der Waals surface area contributed by atoms with E-state index < -0.39 is 0 Å². The molecule has 4 heterocycles. The molecule has 1 amide bonds. The average molecular weight is 428 g/mol. The molecule has 0 saturated carbocycles. The van der Waals surface area contributed by atoms with Crippen molar-refractivity contribution in [3.63, 3.8) is 0 Å². The van der Waals surface area contributed by atoms with Crippen LogP contribution in [0.2, 0.25) is 0 Å². The highest BCUT2D eigenvalue weighted by molar-refractivity contribution is 5.89. The van der Waals surface area contributed by atoms with Crippen LogP contribution in [-0.2, 0) is 11.2 Å². The third-order valence-corrected chi connectivity index (χ3v) is 5.80. The second-order valence-corrected chi connectivity index (χ2v) is 8.02. The average Bonchev–Trinajstić information content (AvgIpc) is 3.22. The summed E-state index contributed by atoms with van der Waals surface area (Å²) in [4.78, 5) is 24.5. The van der Waals surface area contributed by atoms with Gasteiger partial charge in [0.1, 0.15) is 5.82 Å².